The van der Waals surface area contributed by atoms with E-state index in [0.29, 0.717) is 0 Å². The zero-order valence-electron chi connectivity index (χ0n) is 57.8. The minimum Gasteiger partial charge on any atom is -0.334 e. The molecule has 3 nitrogen and oxygen atoms in total. The highest BCUT2D eigenvalue weighted by molar-refractivity contribution is 7.00. The summed E-state index contributed by atoms with van der Waals surface area (Å²) < 4.78 is 0. The lowest BCUT2D eigenvalue weighted by Crippen LogP contribution is -2.62. The Morgan fingerprint density at radius 3 is 1.35 bits per heavy atom. The molecule has 16 rings (SSSR count). The second-order valence-corrected chi connectivity index (χ2v) is 34.0. The summed E-state index contributed by atoms with van der Waals surface area (Å²) in [4.78, 5) is 8.50. The van der Waals surface area contributed by atoms with Gasteiger partial charge in [0.15, 0.2) is 0 Å². The standard InChI is InChI=1S/C87H94BN3/c1-53-44-65-67(84(13,14)60-34-24-22-32-58(60)82(65,9)10)51-73(53)90-74-50-64-63(80(5,6)42-43-81(64,7)8)48-69(74)88-70-49-66-68(85(15,16)61-35-25-23-33-59(61)83(66,11)12)52-75(70)89(71-39-38-55(79(2,3)4)45-57(71)54-30-20-19-21-31-54)76-46-56(47-77(90)78(76)88)91-72-37-27-26-36-62(72)86(17)40-28-29-41-87(86,91)18/h19-27,30-39,44-52H,28-29,40-43H2,1-18H3. The second-order valence-electron chi connectivity index (χ2n) is 34.0. The number of para-hydroxylation sites is 1. The first-order valence-electron chi connectivity index (χ1n) is 34.5. The van der Waals surface area contributed by atoms with Gasteiger partial charge in [-0.1, -0.05) is 245 Å². The molecule has 1 fully saturated rings. The molecule has 91 heavy (non-hydrogen) atoms. The van der Waals surface area contributed by atoms with Crippen molar-refractivity contribution in [2.45, 2.75) is 212 Å². The first kappa shape index (κ1) is 58.5. The van der Waals surface area contributed by atoms with E-state index in [1.165, 1.54) is 158 Å². The van der Waals surface area contributed by atoms with Gasteiger partial charge in [-0.3, -0.25) is 0 Å². The normalized spacial score (nSPS) is 22.4. The van der Waals surface area contributed by atoms with Crippen molar-refractivity contribution in [2.75, 3.05) is 14.7 Å². The minimum absolute atomic E-state index is 0.0257. The second kappa shape index (κ2) is 18.8. The summed E-state index contributed by atoms with van der Waals surface area (Å²) in [5.41, 5.74) is 34.0. The lowest BCUT2D eigenvalue weighted by Gasteiger charge is -2.52. The Labute approximate surface area is 545 Å². The molecule has 1 saturated carbocycles. The molecule has 0 radical (unpaired) electrons. The third kappa shape index (κ3) is 7.81. The fourth-order valence-corrected chi connectivity index (χ4v) is 19.6. The monoisotopic (exact) mass is 1190 g/mol. The van der Waals surface area contributed by atoms with Crippen molar-refractivity contribution >= 4 is 68.6 Å². The molecule has 0 N–H and O–H groups in total. The Bertz CT molecular complexity index is 4600. The third-order valence-electron chi connectivity index (χ3n) is 25.4. The zero-order chi connectivity index (χ0) is 63.9. The number of benzene rings is 9. The highest BCUT2D eigenvalue weighted by Gasteiger charge is 2.59. The molecule has 4 aliphatic carbocycles. The van der Waals surface area contributed by atoms with Gasteiger partial charge in [0.2, 0.25) is 0 Å². The number of aryl methyl sites for hydroxylation is 1. The van der Waals surface area contributed by atoms with E-state index in [0.717, 1.165) is 25.7 Å². The summed E-state index contributed by atoms with van der Waals surface area (Å²) in [6.45, 7) is 44.7. The fraction of sp³-hybridized carbons (Fsp3) is 0.379. The number of anilines is 8. The predicted octanol–water partition coefficient (Wildman–Crippen LogP) is 21.1. The number of fused-ring (bicyclic) bond motifs is 12. The highest BCUT2D eigenvalue weighted by Crippen LogP contribution is 2.63. The van der Waals surface area contributed by atoms with E-state index in [1.54, 1.807) is 0 Å². The Kier molecular flexibility index (Phi) is 12.1. The average Bonchev–Trinajstić information content (AvgIpc) is 1.39. The van der Waals surface area contributed by atoms with Crippen LogP contribution in [0, 0.1) is 6.92 Å². The Balaban J connectivity index is 1.10. The molecule has 9 aromatic carbocycles. The number of nitrogens with zero attached hydrogens (tertiary/aromatic N) is 3. The molecule has 3 heterocycles. The smallest absolute Gasteiger partial charge is 0.252 e. The summed E-state index contributed by atoms with van der Waals surface area (Å²) in [6, 6.07) is 68.7. The van der Waals surface area contributed by atoms with Crippen LogP contribution in [-0.4, -0.2) is 12.3 Å². The molecule has 2 unspecified atom stereocenters. The van der Waals surface area contributed by atoms with Crippen LogP contribution < -0.4 is 31.1 Å². The average molecular weight is 1190 g/mol. The molecule has 3 aliphatic heterocycles. The van der Waals surface area contributed by atoms with E-state index in [9.17, 15) is 0 Å². The summed E-state index contributed by atoms with van der Waals surface area (Å²) in [7, 11) is 0. The maximum atomic E-state index is 2.87. The van der Waals surface area contributed by atoms with Crippen LogP contribution in [0.2, 0.25) is 0 Å². The summed E-state index contributed by atoms with van der Waals surface area (Å²) >= 11 is 0. The molecule has 7 aliphatic rings. The van der Waals surface area contributed by atoms with Gasteiger partial charge in [0.05, 0.1) is 11.2 Å². The minimum atomic E-state index is -0.282. The molecular weight excluding hydrogens is 1100 g/mol. The first-order chi connectivity index (χ1) is 42.9. The zero-order valence-corrected chi connectivity index (χ0v) is 57.8. The van der Waals surface area contributed by atoms with Gasteiger partial charge >= 0.3 is 0 Å². The molecule has 0 saturated heterocycles. The van der Waals surface area contributed by atoms with E-state index in [-0.39, 0.29) is 55.6 Å². The number of hydrogen-bond acceptors (Lipinski definition) is 3. The molecule has 0 aromatic heterocycles. The van der Waals surface area contributed by atoms with Crippen LogP contribution in [0.3, 0.4) is 0 Å². The van der Waals surface area contributed by atoms with Crippen LogP contribution >= 0.6 is 0 Å². The fourth-order valence-electron chi connectivity index (χ4n) is 19.6. The van der Waals surface area contributed by atoms with Gasteiger partial charge in [0.1, 0.15) is 0 Å². The lowest BCUT2D eigenvalue weighted by atomic mass is 9.32. The third-order valence-corrected chi connectivity index (χ3v) is 25.4. The van der Waals surface area contributed by atoms with Crippen LogP contribution in [0.4, 0.5) is 45.5 Å². The van der Waals surface area contributed by atoms with Crippen molar-refractivity contribution in [1.82, 2.24) is 0 Å². The molecular formula is C87H94BN3. The maximum absolute atomic E-state index is 2.87. The van der Waals surface area contributed by atoms with E-state index in [4.69, 9.17) is 0 Å². The molecule has 9 aromatic rings. The molecule has 0 amide bonds. The number of rotatable bonds is 4. The SMILES string of the molecule is Cc1cc2c(cc1N1c3cc4c(cc3B3c5cc6c(cc5N(c5ccc(C(C)(C)C)cc5-c5ccccc5)c5cc(N7c8ccccc8C8(C)CCCCC78C)cc1c53)C(C)(C)c1ccccc1C6(C)C)C(C)(C)CCC4(C)C)C(C)(C)c1ccccc1C2(C)C. The Morgan fingerprint density at radius 1 is 0.363 bits per heavy atom. The topological polar surface area (TPSA) is 9.72 Å². The summed E-state index contributed by atoms with van der Waals surface area (Å²) in [5, 5.41) is 0. The molecule has 0 bridgehead atoms. The lowest BCUT2D eigenvalue weighted by molar-refractivity contribution is 0.195. The van der Waals surface area contributed by atoms with E-state index < -0.39 is 0 Å². The quantitative estimate of drug-likeness (QED) is 0.163. The van der Waals surface area contributed by atoms with Gasteiger partial charge in [0.25, 0.3) is 6.71 Å². The van der Waals surface area contributed by atoms with E-state index in [2.05, 4.69) is 309 Å². The number of hydrogen-bond donors (Lipinski definition) is 0. The summed E-state index contributed by atoms with van der Waals surface area (Å²) in [5.74, 6) is 0. The van der Waals surface area contributed by atoms with Crippen LogP contribution in [-0.2, 0) is 43.3 Å². The Hall–Kier alpha value is -7.56. The highest BCUT2D eigenvalue weighted by atomic mass is 15.3. The first-order valence-corrected chi connectivity index (χ1v) is 34.5. The largest absolute Gasteiger partial charge is 0.334 e. The van der Waals surface area contributed by atoms with Crippen molar-refractivity contribution in [3.63, 3.8) is 0 Å². The van der Waals surface area contributed by atoms with Crippen molar-refractivity contribution in [3.8, 4) is 11.1 Å². The Morgan fingerprint density at radius 2 is 0.802 bits per heavy atom. The van der Waals surface area contributed by atoms with Gasteiger partial charge in [-0.25, -0.2) is 0 Å². The van der Waals surface area contributed by atoms with Crippen molar-refractivity contribution < 1.29 is 0 Å². The van der Waals surface area contributed by atoms with Gasteiger partial charge in [0, 0.05) is 72.5 Å². The van der Waals surface area contributed by atoms with Gasteiger partial charge < -0.3 is 14.7 Å². The van der Waals surface area contributed by atoms with Crippen molar-refractivity contribution in [2.24, 2.45) is 0 Å². The molecule has 0 spiro atoms. The maximum Gasteiger partial charge on any atom is 0.252 e. The van der Waals surface area contributed by atoms with Crippen molar-refractivity contribution in [3.05, 3.63) is 242 Å². The molecule has 460 valence electrons. The molecule has 2 atom stereocenters. The van der Waals surface area contributed by atoms with E-state index >= 15 is 0 Å². The van der Waals surface area contributed by atoms with Gasteiger partial charge in [-0.05, 0) is 199 Å². The van der Waals surface area contributed by atoms with Crippen molar-refractivity contribution in [1.29, 1.82) is 0 Å². The van der Waals surface area contributed by atoms with Crippen LogP contribution in [0.1, 0.15) is 229 Å². The van der Waals surface area contributed by atoms with Crippen LogP contribution in [0.15, 0.2) is 170 Å². The van der Waals surface area contributed by atoms with Gasteiger partial charge in [-0.15, -0.1) is 0 Å². The van der Waals surface area contributed by atoms with Gasteiger partial charge in [-0.2, -0.15) is 0 Å². The predicted molar refractivity (Wildman–Crippen MR) is 389 cm³/mol. The van der Waals surface area contributed by atoms with Crippen LogP contribution in [0.5, 0.6) is 0 Å². The molecule has 4 heteroatoms. The van der Waals surface area contributed by atoms with E-state index in [1.807, 2.05) is 0 Å². The summed E-state index contributed by atoms with van der Waals surface area (Å²) in [6.07, 6.45) is 7.01. The van der Waals surface area contributed by atoms with Crippen LogP contribution in [0.25, 0.3) is 11.1 Å².